The van der Waals surface area contributed by atoms with E-state index in [-0.39, 0.29) is 0 Å². The molecular weight excluding hydrogens is 475 g/mol. The average molecular weight is 502 g/mol. The molecule has 2 aromatic carbocycles. The average Bonchev–Trinajstić information content (AvgIpc) is 3.31. The summed E-state index contributed by atoms with van der Waals surface area (Å²) in [6.45, 7) is 6.00. The molecule has 4 heterocycles. The molecule has 188 valence electrons. The Labute approximate surface area is 212 Å². The highest BCUT2D eigenvalue weighted by Gasteiger charge is 2.31. The fraction of sp³-hybridized carbons (Fsp3) is 0.241. The first-order valence-electron chi connectivity index (χ1n) is 12.3. The van der Waals surface area contributed by atoms with Gasteiger partial charge in [0.1, 0.15) is 5.65 Å². The first-order chi connectivity index (χ1) is 17.8. The Morgan fingerprint density at radius 2 is 1.59 bits per heavy atom. The lowest BCUT2D eigenvalue weighted by Crippen LogP contribution is -2.44. The van der Waals surface area contributed by atoms with E-state index in [0.29, 0.717) is 16.5 Å². The molecule has 8 heteroatoms. The Balaban J connectivity index is 1.36. The minimum atomic E-state index is -4.43. The van der Waals surface area contributed by atoms with Crippen molar-refractivity contribution in [2.75, 3.05) is 38.1 Å². The second-order valence-electron chi connectivity index (χ2n) is 9.67. The summed E-state index contributed by atoms with van der Waals surface area (Å²) in [6.07, 6.45) is -0.786. The fourth-order valence-electron chi connectivity index (χ4n) is 5.04. The predicted octanol–water partition coefficient (Wildman–Crippen LogP) is 6.30. The third-order valence-electron chi connectivity index (χ3n) is 7.12. The number of anilines is 1. The van der Waals surface area contributed by atoms with E-state index >= 15 is 0 Å². The van der Waals surface area contributed by atoms with Crippen molar-refractivity contribution in [2.24, 2.45) is 0 Å². The maximum atomic E-state index is 13.4. The Morgan fingerprint density at radius 3 is 2.32 bits per heavy atom. The van der Waals surface area contributed by atoms with Crippen LogP contribution in [0.3, 0.4) is 0 Å². The molecule has 0 amide bonds. The van der Waals surface area contributed by atoms with Crippen LogP contribution in [0, 0.1) is 6.92 Å². The van der Waals surface area contributed by atoms with Crippen LogP contribution >= 0.6 is 0 Å². The molecule has 5 aromatic rings. The summed E-state index contributed by atoms with van der Waals surface area (Å²) in [7, 11) is 2.15. The number of imidazole rings is 1. The van der Waals surface area contributed by atoms with Gasteiger partial charge >= 0.3 is 6.18 Å². The summed E-state index contributed by atoms with van der Waals surface area (Å²) in [5.74, 6) is 0. The topological polar surface area (TPSA) is 36.7 Å². The molecule has 0 saturated carbocycles. The molecule has 0 spiro atoms. The van der Waals surface area contributed by atoms with Gasteiger partial charge in [-0.05, 0) is 73.6 Å². The van der Waals surface area contributed by atoms with Crippen molar-refractivity contribution in [3.63, 3.8) is 0 Å². The maximum Gasteiger partial charge on any atom is 0.416 e. The third-order valence-corrected chi connectivity index (χ3v) is 7.12. The van der Waals surface area contributed by atoms with E-state index in [0.717, 1.165) is 60.4 Å². The number of piperazine rings is 1. The van der Waals surface area contributed by atoms with Crippen LogP contribution in [0.1, 0.15) is 11.3 Å². The van der Waals surface area contributed by atoms with Gasteiger partial charge in [0.2, 0.25) is 0 Å². The number of fused-ring (bicyclic) bond motifs is 2. The van der Waals surface area contributed by atoms with E-state index in [4.69, 9.17) is 0 Å². The highest BCUT2D eigenvalue weighted by Crippen LogP contribution is 2.36. The smallest absolute Gasteiger partial charge is 0.369 e. The van der Waals surface area contributed by atoms with Gasteiger partial charge in [-0.15, -0.1) is 0 Å². The Morgan fingerprint density at radius 1 is 0.838 bits per heavy atom. The number of aromatic nitrogens is 3. The van der Waals surface area contributed by atoms with Crippen molar-refractivity contribution in [3.8, 4) is 22.4 Å². The number of hydrogen-bond acceptors (Lipinski definition) is 4. The fourth-order valence-corrected chi connectivity index (χ4v) is 5.04. The van der Waals surface area contributed by atoms with Gasteiger partial charge in [0.05, 0.1) is 23.0 Å². The summed E-state index contributed by atoms with van der Waals surface area (Å²) in [5.41, 5.74) is 6.03. The summed E-state index contributed by atoms with van der Waals surface area (Å²) in [6, 6.07) is 18.1. The van der Waals surface area contributed by atoms with E-state index < -0.39 is 11.7 Å². The molecular formula is C29H26F3N5. The van der Waals surface area contributed by atoms with Crippen LogP contribution in [0.2, 0.25) is 0 Å². The zero-order valence-electron chi connectivity index (χ0n) is 20.6. The van der Waals surface area contributed by atoms with E-state index in [2.05, 4.69) is 51.1 Å². The molecule has 0 N–H and O–H groups in total. The molecule has 0 unspecified atom stereocenters. The lowest BCUT2D eigenvalue weighted by atomic mass is 10.0. The molecule has 37 heavy (non-hydrogen) atoms. The van der Waals surface area contributed by atoms with Crippen LogP contribution in [0.4, 0.5) is 18.9 Å². The van der Waals surface area contributed by atoms with E-state index in [9.17, 15) is 13.2 Å². The Kier molecular flexibility index (Phi) is 5.64. The largest absolute Gasteiger partial charge is 0.416 e. The lowest BCUT2D eigenvalue weighted by molar-refractivity contribution is -0.137. The van der Waals surface area contributed by atoms with Gasteiger partial charge in [0.15, 0.2) is 0 Å². The van der Waals surface area contributed by atoms with Crippen molar-refractivity contribution < 1.29 is 13.2 Å². The summed E-state index contributed by atoms with van der Waals surface area (Å²) in [4.78, 5) is 13.8. The van der Waals surface area contributed by atoms with Crippen molar-refractivity contribution in [1.29, 1.82) is 0 Å². The number of aryl methyl sites for hydroxylation is 1. The molecule has 0 aliphatic carbocycles. The summed E-state index contributed by atoms with van der Waals surface area (Å²) >= 11 is 0. The molecule has 0 bridgehead atoms. The van der Waals surface area contributed by atoms with Crippen LogP contribution in [0.25, 0.3) is 38.9 Å². The van der Waals surface area contributed by atoms with E-state index in [1.807, 2.05) is 35.7 Å². The van der Waals surface area contributed by atoms with Crippen molar-refractivity contribution in [1.82, 2.24) is 19.3 Å². The van der Waals surface area contributed by atoms with Gasteiger partial charge in [-0.1, -0.05) is 12.1 Å². The molecule has 0 radical (unpaired) electrons. The number of pyridine rings is 2. The highest BCUT2D eigenvalue weighted by molar-refractivity contribution is 5.95. The Bertz CT molecular complexity index is 1600. The van der Waals surface area contributed by atoms with Gasteiger partial charge in [-0.25, -0.2) is 4.98 Å². The number of hydrogen-bond donors (Lipinski definition) is 0. The van der Waals surface area contributed by atoms with Crippen LogP contribution in [0.5, 0.6) is 0 Å². The molecule has 6 rings (SSSR count). The highest BCUT2D eigenvalue weighted by atomic mass is 19.4. The van der Waals surface area contributed by atoms with Gasteiger partial charge < -0.3 is 9.80 Å². The van der Waals surface area contributed by atoms with Crippen molar-refractivity contribution in [3.05, 3.63) is 84.3 Å². The number of likely N-dealkylation sites (N-methyl/N-ethyl adjacent to an activating group) is 1. The van der Waals surface area contributed by atoms with E-state index in [1.54, 1.807) is 6.20 Å². The number of rotatable bonds is 3. The van der Waals surface area contributed by atoms with Gasteiger partial charge in [-0.2, -0.15) is 13.2 Å². The number of alkyl halides is 3. The summed E-state index contributed by atoms with van der Waals surface area (Å²) < 4.78 is 42.2. The zero-order valence-corrected chi connectivity index (χ0v) is 20.6. The quantitative estimate of drug-likeness (QED) is 0.291. The second kappa shape index (κ2) is 8.88. The van der Waals surface area contributed by atoms with Crippen LogP contribution in [-0.4, -0.2) is 52.5 Å². The van der Waals surface area contributed by atoms with Crippen LogP contribution < -0.4 is 4.90 Å². The van der Waals surface area contributed by atoms with Crippen molar-refractivity contribution >= 4 is 22.2 Å². The van der Waals surface area contributed by atoms with E-state index in [1.165, 1.54) is 17.8 Å². The van der Waals surface area contributed by atoms with Crippen molar-refractivity contribution in [2.45, 2.75) is 13.1 Å². The molecule has 1 fully saturated rings. The normalized spacial score (nSPS) is 15.1. The van der Waals surface area contributed by atoms with Gasteiger partial charge in [0, 0.05) is 54.7 Å². The minimum absolute atomic E-state index is 0.450. The van der Waals surface area contributed by atoms with Gasteiger partial charge in [0.25, 0.3) is 0 Å². The molecule has 1 aliphatic heterocycles. The number of benzene rings is 2. The molecule has 3 aromatic heterocycles. The monoisotopic (exact) mass is 501 g/mol. The number of halogens is 3. The van der Waals surface area contributed by atoms with Gasteiger partial charge in [-0.3, -0.25) is 9.38 Å². The lowest BCUT2D eigenvalue weighted by Gasteiger charge is -2.34. The standard InChI is InChI=1S/C29H26F3N5/c1-19-15-25(24-17-22(29(30,31)32)5-8-26(24)34-19)27-18-33-28-16-21(9-10-37(27)28)20-3-6-23(7-4-20)36-13-11-35(2)12-14-36/h3-10,15-18H,11-14H2,1-2H3. The first kappa shape index (κ1) is 23.5. The Hall–Kier alpha value is -3.91. The summed E-state index contributed by atoms with van der Waals surface area (Å²) in [5, 5.41) is 0.450. The second-order valence-corrected chi connectivity index (χ2v) is 9.67. The molecule has 0 atom stereocenters. The molecule has 1 saturated heterocycles. The minimum Gasteiger partial charge on any atom is -0.369 e. The zero-order chi connectivity index (χ0) is 25.7. The van der Waals surface area contributed by atoms with Crippen LogP contribution in [-0.2, 0) is 6.18 Å². The SMILES string of the molecule is Cc1cc(-c2cnc3cc(-c4ccc(N5CCN(C)CC5)cc4)ccn23)c2cc(C(F)(F)F)ccc2n1. The maximum absolute atomic E-state index is 13.4. The predicted molar refractivity (Wildman–Crippen MR) is 141 cm³/mol. The first-order valence-corrected chi connectivity index (χ1v) is 12.3. The molecule has 1 aliphatic rings. The number of nitrogens with zero attached hydrogens (tertiary/aromatic N) is 5. The molecule has 5 nitrogen and oxygen atoms in total. The third kappa shape index (κ3) is 4.42. The van der Waals surface area contributed by atoms with Crippen LogP contribution in [0.15, 0.2) is 73.1 Å².